The van der Waals surface area contributed by atoms with E-state index in [4.69, 9.17) is 0 Å². The van der Waals surface area contributed by atoms with Gasteiger partial charge < -0.3 is 10.2 Å². The molecule has 0 amide bonds. The highest BCUT2D eigenvalue weighted by molar-refractivity contribution is 6.09. The van der Waals surface area contributed by atoms with Gasteiger partial charge in [0.2, 0.25) is 0 Å². The van der Waals surface area contributed by atoms with Crippen LogP contribution in [0.2, 0.25) is 0 Å². The molecule has 1 aliphatic rings. The van der Waals surface area contributed by atoms with Crippen molar-refractivity contribution in [2.24, 2.45) is 0 Å². The predicted molar refractivity (Wildman–Crippen MR) is 123 cm³/mol. The standard InChI is InChI=1S/C24H25N5O3/c1-2-19-15-23(26-16-25-19)28-12-10-20(11-13-28)27-21-9-8-18(14-22(21)29(31)32)24(30)17-6-4-3-5-7-17/h3-9,14-16,20,27H,2,10-13H2,1H3. The molecular weight excluding hydrogens is 406 g/mol. The maximum atomic E-state index is 12.7. The minimum atomic E-state index is -0.438. The van der Waals surface area contributed by atoms with Gasteiger partial charge >= 0.3 is 0 Å². The van der Waals surface area contributed by atoms with Crippen LogP contribution in [-0.4, -0.2) is 39.8 Å². The summed E-state index contributed by atoms with van der Waals surface area (Å²) in [5, 5.41) is 15.0. The van der Waals surface area contributed by atoms with Crippen LogP contribution in [0, 0.1) is 10.1 Å². The lowest BCUT2D eigenvalue weighted by Gasteiger charge is -2.33. The summed E-state index contributed by atoms with van der Waals surface area (Å²) in [7, 11) is 0. The molecule has 8 nitrogen and oxygen atoms in total. The van der Waals surface area contributed by atoms with Crippen LogP contribution in [0.3, 0.4) is 0 Å². The lowest BCUT2D eigenvalue weighted by atomic mass is 10.0. The Kier molecular flexibility index (Phi) is 6.39. The lowest BCUT2D eigenvalue weighted by molar-refractivity contribution is -0.384. The number of nitrogens with one attached hydrogen (secondary N) is 1. The number of hydrogen-bond donors (Lipinski definition) is 1. The SMILES string of the molecule is CCc1cc(N2CCC(Nc3ccc(C(=O)c4ccccc4)cc3[N+](=O)[O-])CC2)ncn1. The molecule has 0 saturated carbocycles. The highest BCUT2D eigenvalue weighted by Gasteiger charge is 2.24. The second kappa shape index (κ2) is 9.55. The molecule has 3 aromatic rings. The van der Waals surface area contributed by atoms with E-state index in [-0.39, 0.29) is 17.5 Å². The summed E-state index contributed by atoms with van der Waals surface area (Å²) in [5.74, 6) is 0.690. The number of nitrogens with zero attached hydrogens (tertiary/aromatic N) is 4. The predicted octanol–water partition coefficient (Wildman–Crippen LogP) is 4.26. The number of nitro benzene ring substituents is 1. The molecule has 0 spiro atoms. The first kappa shape index (κ1) is 21.4. The Balaban J connectivity index is 1.45. The van der Waals surface area contributed by atoms with Crippen LogP contribution in [0.4, 0.5) is 17.2 Å². The molecule has 4 rings (SSSR count). The molecule has 0 atom stereocenters. The third kappa shape index (κ3) is 4.74. The molecule has 0 unspecified atom stereocenters. The van der Waals surface area contributed by atoms with Crippen molar-refractivity contribution in [3.8, 4) is 0 Å². The molecule has 1 aliphatic heterocycles. The van der Waals surface area contributed by atoms with E-state index in [0.29, 0.717) is 16.8 Å². The van der Waals surface area contributed by atoms with Crippen LogP contribution in [0.25, 0.3) is 0 Å². The fraction of sp³-hybridized carbons (Fsp3) is 0.292. The number of anilines is 2. The van der Waals surface area contributed by atoms with E-state index in [1.54, 1.807) is 42.7 Å². The first-order valence-electron chi connectivity index (χ1n) is 10.8. The molecule has 1 saturated heterocycles. The number of hydrogen-bond acceptors (Lipinski definition) is 7. The summed E-state index contributed by atoms with van der Waals surface area (Å²) < 4.78 is 0. The van der Waals surface area contributed by atoms with E-state index in [0.717, 1.165) is 43.9 Å². The zero-order valence-corrected chi connectivity index (χ0v) is 17.9. The van der Waals surface area contributed by atoms with Gasteiger partial charge in [-0.15, -0.1) is 0 Å². The molecule has 1 N–H and O–H groups in total. The van der Waals surface area contributed by atoms with E-state index >= 15 is 0 Å². The molecule has 1 fully saturated rings. The molecule has 32 heavy (non-hydrogen) atoms. The van der Waals surface area contributed by atoms with Crippen molar-refractivity contribution in [1.29, 1.82) is 0 Å². The van der Waals surface area contributed by atoms with Crippen molar-refractivity contribution >= 4 is 23.0 Å². The number of benzene rings is 2. The second-order valence-electron chi connectivity index (χ2n) is 7.81. The monoisotopic (exact) mass is 431 g/mol. The first-order valence-corrected chi connectivity index (χ1v) is 10.8. The van der Waals surface area contributed by atoms with Crippen molar-refractivity contribution in [3.63, 3.8) is 0 Å². The third-order valence-corrected chi connectivity index (χ3v) is 5.74. The number of nitro groups is 1. The van der Waals surface area contributed by atoms with Crippen LogP contribution in [0.15, 0.2) is 60.9 Å². The minimum Gasteiger partial charge on any atom is -0.377 e. The van der Waals surface area contributed by atoms with Gasteiger partial charge in [-0.1, -0.05) is 37.3 Å². The Morgan fingerprint density at radius 1 is 1.09 bits per heavy atom. The molecule has 0 radical (unpaired) electrons. The molecule has 2 heterocycles. The van der Waals surface area contributed by atoms with Crippen LogP contribution in [-0.2, 0) is 6.42 Å². The molecule has 0 aliphatic carbocycles. The van der Waals surface area contributed by atoms with Crippen molar-refractivity contribution in [3.05, 3.63) is 87.9 Å². The highest BCUT2D eigenvalue weighted by Crippen LogP contribution is 2.29. The number of ketones is 1. The second-order valence-corrected chi connectivity index (χ2v) is 7.81. The summed E-state index contributed by atoms with van der Waals surface area (Å²) in [6, 6.07) is 15.5. The number of aryl methyl sites for hydroxylation is 1. The molecular formula is C24H25N5O3. The van der Waals surface area contributed by atoms with E-state index < -0.39 is 4.92 Å². The van der Waals surface area contributed by atoms with Gasteiger partial charge in [0.15, 0.2) is 5.78 Å². The Hall–Kier alpha value is -3.81. The van der Waals surface area contributed by atoms with Crippen molar-refractivity contribution in [2.75, 3.05) is 23.3 Å². The summed E-state index contributed by atoms with van der Waals surface area (Å²) in [5.41, 5.74) is 2.17. The van der Waals surface area contributed by atoms with Gasteiger partial charge in [0.1, 0.15) is 17.8 Å². The smallest absolute Gasteiger partial charge is 0.293 e. The normalized spacial score (nSPS) is 14.2. The maximum Gasteiger partial charge on any atom is 0.293 e. The van der Waals surface area contributed by atoms with E-state index in [2.05, 4.69) is 27.1 Å². The van der Waals surface area contributed by atoms with Crippen molar-refractivity contribution < 1.29 is 9.72 Å². The number of rotatable bonds is 7. The molecule has 0 bridgehead atoms. The van der Waals surface area contributed by atoms with E-state index in [1.807, 2.05) is 12.1 Å². The zero-order valence-electron chi connectivity index (χ0n) is 17.9. The quantitative estimate of drug-likeness (QED) is 0.339. The average molecular weight is 431 g/mol. The van der Waals surface area contributed by atoms with Gasteiger partial charge in [-0.25, -0.2) is 9.97 Å². The lowest BCUT2D eigenvalue weighted by Crippen LogP contribution is -2.39. The number of piperidine rings is 1. The third-order valence-electron chi connectivity index (χ3n) is 5.74. The van der Waals surface area contributed by atoms with Gasteiger partial charge in [-0.3, -0.25) is 14.9 Å². The largest absolute Gasteiger partial charge is 0.377 e. The van der Waals surface area contributed by atoms with Gasteiger partial charge in [-0.2, -0.15) is 0 Å². The van der Waals surface area contributed by atoms with Crippen LogP contribution in [0.1, 0.15) is 41.4 Å². The van der Waals surface area contributed by atoms with Crippen LogP contribution in [0.5, 0.6) is 0 Å². The minimum absolute atomic E-state index is 0.0856. The summed E-state index contributed by atoms with van der Waals surface area (Å²) in [6.45, 7) is 3.67. The van der Waals surface area contributed by atoms with Crippen LogP contribution >= 0.6 is 0 Å². The Bertz CT molecular complexity index is 1110. The van der Waals surface area contributed by atoms with Crippen LogP contribution < -0.4 is 10.2 Å². The van der Waals surface area contributed by atoms with Gasteiger partial charge in [-0.05, 0) is 31.4 Å². The maximum absolute atomic E-state index is 12.7. The van der Waals surface area contributed by atoms with Gasteiger partial charge in [0.05, 0.1) is 4.92 Å². The zero-order chi connectivity index (χ0) is 22.5. The van der Waals surface area contributed by atoms with Crippen molar-refractivity contribution in [1.82, 2.24) is 9.97 Å². The summed E-state index contributed by atoms with van der Waals surface area (Å²) in [4.78, 5) is 34.8. The fourth-order valence-electron chi connectivity index (χ4n) is 3.93. The van der Waals surface area contributed by atoms with Gasteiger partial charge in [0, 0.05) is 48.1 Å². The number of carbonyl (C=O) groups excluding carboxylic acids is 1. The first-order chi connectivity index (χ1) is 15.5. The molecule has 164 valence electrons. The average Bonchev–Trinajstić information content (AvgIpc) is 2.84. The Labute approximate surface area is 186 Å². The summed E-state index contributed by atoms with van der Waals surface area (Å²) >= 11 is 0. The molecule has 1 aromatic heterocycles. The van der Waals surface area contributed by atoms with Gasteiger partial charge in [0.25, 0.3) is 5.69 Å². The molecule has 8 heteroatoms. The van der Waals surface area contributed by atoms with E-state index in [1.165, 1.54) is 6.07 Å². The summed E-state index contributed by atoms with van der Waals surface area (Å²) in [6.07, 6.45) is 4.11. The van der Waals surface area contributed by atoms with Crippen molar-refractivity contribution in [2.45, 2.75) is 32.2 Å². The van der Waals surface area contributed by atoms with E-state index in [9.17, 15) is 14.9 Å². The number of carbonyl (C=O) groups is 1. The Morgan fingerprint density at radius 2 is 1.84 bits per heavy atom. The fourth-order valence-corrected chi connectivity index (χ4v) is 3.93. The molecule has 2 aromatic carbocycles. The Morgan fingerprint density at radius 3 is 2.53 bits per heavy atom. The number of aromatic nitrogens is 2. The highest BCUT2D eigenvalue weighted by atomic mass is 16.6. The topological polar surface area (TPSA) is 101 Å².